The van der Waals surface area contributed by atoms with E-state index in [1.54, 1.807) is 23.9 Å². The summed E-state index contributed by atoms with van der Waals surface area (Å²) in [5, 5.41) is 5.45. The van der Waals surface area contributed by atoms with Crippen LogP contribution < -0.4 is 5.32 Å². The van der Waals surface area contributed by atoms with Crippen molar-refractivity contribution in [3.63, 3.8) is 0 Å². The van der Waals surface area contributed by atoms with Crippen LogP contribution in [0.4, 0.5) is 0 Å². The summed E-state index contributed by atoms with van der Waals surface area (Å²) in [4.78, 5) is 5.57. The second kappa shape index (κ2) is 4.35. The van der Waals surface area contributed by atoms with E-state index in [4.69, 9.17) is 4.42 Å². The number of nitrogens with one attached hydrogen (secondary N) is 1. The Morgan fingerprint density at radius 3 is 3.24 bits per heavy atom. The predicted octanol–water partition coefficient (Wildman–Crippen LogP) is 2.59. The van der Waals surface area contributed by atoms with Crippen molar-refractivity contribution in [2.45, 2.75) is 20.0 Å². The van der Waals surface area contributed by atoms with Crippen LogP contribution in [-0.4, -0.2) is 9.38 Å². The minimum absolute atomic E-state index is 0.813. The highest BCUT2D eigenvalue weighted by Gasteiger charge is 2.08. The molecular weight excluding hydrogens is 234 g/mol. The summed E-state index contributed by atoms with van der Waals surface area (Å²) in [6.07, 6.45) is 5.52. The van der Waals surface area contributed by atoms with E-state index in [0.29, 0.717) is 0 Å². The minimum atomic E-state index is 0.813. The lowest BCUT2D eigenvalue weighted by Gasteiger charge is -2.03. The second-order valence-electron chi connectivity index (χ2n) is 3.93. The highest BCUT2D eigenvalue weighted by molar-refractivity contribution is 7.15. The zero-order valence-electron chi connectivity index (χ0n) is 9.51. The quantitative estimate of drug-likeness (QED) is 0.770. The van der Waals surface area contributed by atoms with Crippen LogP contribution >= 0.6 is 11.3 Å². The van der Waals surface area contributed by atoms with Crippen LogP contribution in [0.1, 0.15) is 17.0 Å². The smallest absolute Gasteiger partial charge is 0.194 e. The van der Waals surface area contributed by atoms with Crippen LogP contribution in [0, 0.1) is 6.92 Å². The minimum Gasteiger partial charge on any atom is -0.472 e. The molecule has 0 radical (unpaired) electrons. The van der Waals surface area contributed by atoms with E-state index in [9.17, 15) is 0 Å². The highest BCUT2D eigenvalue weighted by Crippen LogP contribution is 2.16. The molecule has 1 N–H and O–H groups in total. The molecule has 0 aliphatic rings. The molecule has 0 unspecified atom stereocenters. The molecule has 0 bridgehead atoms. The van der Waals surface area contributed by atoms with Gasteiger partial charge in [-0.3, -0.25) is 4.40 Å². The zero-order valence-corrected chi connectivity index (χ0v) is 10.3. The van der Waals surface area contributed by atoms with Gasteiger partial charge in [0.05, 0.1) is 23.9 Å². The molecule has 3 aromatic rings. The average Bonchev–Trinajstić information content (AvgIpc) is 2.98. The topological polar surface area (TPSA) is 42.5 Å². The Morgan fingerprint density at radius 2 is 2.41 bits per heavy atom. The maximum Gasteiger partial charge on any atom is 0.194 e. The van der Waals surface area contributed by atoms with Gasteiger partial charge in [0.25, 0.3) is 0 Å². The van der Waals surface area contributed by atoms with Crippen LogP contribution in [0.5, 0.6) is 0 Å². The molecule has 0 spiro atoms. The number of aryl methyl sites for hydroxylation is 1. The van der Waals surface area contributed by atoms with E-state index in [1.807, 2.05) is 6.07 Å². The average molecular weight is 247 g/mol. The summed E-state index contributed by atoms with van der Waals surface area (Å²) in [5.41, 5.74) is 3.48. The van der Waals surface area contributed by atoms with E-state index in [2.05, 4.69) is 33.2 Å². The number of fused-ring (bicyclic) bond motifs is 1. The maximum atomic E-state index is 5.03. The molecule has 3 rings (SSSR count). The van der Waals surface area contributed by atoms with Gasteiger partial charge in [-0.2, -0.15) is 0 Å². The lowest BCUT2D eigenvalue weighted by molar-refractivity contribution is 0.559. The molecule has 0 saturated carbocycles. The summed E-state index contributed by atoms with van der Waals surface area (Å²) in [7, 11) is 0. The van der Waals surface area contributed by atoms with Gasteiger partial charge in [-0.05, 0) is 13.0 Å². The summed E-state index contributed by atoms with van der Waals surface area (Å²) in [6.45, 7) is 3.68. The molecule has 4 nitrogen and oxygen atoms in total. The fourth-order valence-corrected chi connectivity index (χ4v) is 2.65. The number of hydrogen-bond donors (Lipinski definition) is 1. The molecule has 0 saturated heterocycles. The van der Waals surface area contributed by atoms with Crippen LogP contribution in [0.15, 0.2) is 34.6 Å². The van der Waals surface area contributed by atoms with E-state index in [0.717, 1.165) is 29.3 Å². The van der Waals surface area contributed by atoms with Gasteiger partial charge in [0, 0.05) is 30.2 Å². The Morgan fingerprint density at radius 1 is 1.47 bits per heavy atom. The first-order chi connectivity index (χ1) is 8.34. The fraction of sp³-hybridized carbons (Fsp3) is 0.250. The number of thiazole rings is 1. The number of aromatic nitrogens is 2. The first-order valence-corrected chi connectivity index (χ1v) is 6.35. The lowest BCUT2D eigenvalue weighted by atomic mass is 10.3. The molecule has 0 atom stereocenters. The van der Waals surface area contributed by atoms with Gasteiger partial charge >= 0.3 is 0 Å². The number of imidazole rings is 1. The van der Waals surface area contributed by atoms with Gasteiger partial charge in [-0.1, -0.05) is 0 Å². The summed E-state index contributed by atoms with van der Waals surface area (Å²) in [6, 6.07) is 1.97. The standard InChI is InChI=1S/C12H13N3OS/c1-9-11(15-3-5-17-12(15)14-9)7-13-6-10-2-4-16-8-10/h2-5,8,13H,6-7H2,1H3. The summed E-state index contributed by atoms with van der Waals surface area (Å²) >= 11 is 1.66. The van der Waals surface area contributed by atoms with Crippen LogP contribution in [0.2, 0.25) is 0 Å². The first kappa shape index (κ1) is 10.6. The van der Waals surface area contributed by atoms with E-state index in [-0.39, 0.29) is 0 Å². The zero-order chi connectivity index (χ0) is 11.7. The third kappa shape index (κ3) is 1.99. The van der Waals surface area contributed by atoms with Crippen molar-refractivity contribution in [2.24, 2.45) is 0 Å². The normalized spacial score (nSPS) is 11.4. The van der Waals surface area contributed by atoms with Crippen molar-refractivity contribution in [2.75, 3.05) is 0 Å². The van der Waals surface area contributed by atoms with Crippen molar-refractivity contribution < 1.29 is 4.42 Å². The number of rotatable bonds is 4. The van der Waals surface area contributed by atoms with Gasteiger partial charge in [-0.15, -0.1) is 11.3 Å². The van der Waals surface area contributed by atoms with E-state index < -0.39 is 0 Å². The third-order valence-electron chi connectivity index (χ3n) is 2.76. The molecule has 0 fully saturated rings. The largest absolute Gasteiger partial charge is 0.472 e. The van der Waals surface area contributed by atoms with Gasteiger partial charge in [0.15, 0.2) is 4.96 Å². The predicted molar refractivity (Wildman–Crippen MR) is 67.1 cm³/mol. The number of hydrogen-bond acceptors (Lipinski definition) is 4. The van der Waals surface area contributed by atoms with Crippen LogP contribution in [0.25, 0.3) is 4.96 Å². The molecule has 0 aromatic carbocycles. The Labute approximate surface area is 103 Å². The highest BCUT2D eigenvalue weighted by atomic mass is 32.1. The Balaban J connectivity index is 1.72. The number of nitrogens with zero attached hydrogens (tertiary/aromatic N) is 2. The Hall–Kier alpha value is -1.59. The SMILES string of the molecule is Cc1nc2sccn2c1CNCc1ccoc1. The molecule has 5 heteroatoms. The van der Waals surface area contributed by atoms with E-state index >= 15 is 0 Å². The third-order valence-corrected chi connectivity index (χ3v) is 3.52. The fourth-order valence-electron chi connectivity index (χ4n) is 1.87. The molecule has 3 aromatic heterocycles. The van der Waals surface area contributed by atoms with Gasteiger partial charge < -0.3 is 9.73 Å². The monoisotopic (exact) mass is 247 g/mol. The van der Waals surface area contributed by atoms with Gasteiger partial charge in [0.1, 0.15) is 0 Å². The van der Waals surface area contributed by atoms with Crippen molar-refractivity contribution in [3.8, 4) is 0 Å². The molecule has 0 aliphatic carbocycles. The van der Waals surface area contributed by atoms with Crippen molar-refractivity contribution in [1.29, 1.82) is 0 Å². The summed E-state index contributed by atoms with van der Waals surface area (Å²) in [5.74, 6) is 0. The Bertz CT molecular complexity index is 609. The molecule has 17 heavy (non-hydrogen) atoms. The molecular formula is C12H13N3OS. The van der Waals surface area contributed by atoms with Crippen molar-refractivity contribution in [1.82, 2.24) is 14.7 Å². The molecule has 3 heterocycles. The molecule has 0 aliphatic heterocycles. The number of furan rings is 1. The molecule has 0 amide bonds. The molecule has 88 valence electrons. The van der Waals surface area contributed by atoms with Gasteiger partial charge in [0.2, 0.25) is 0 Å². The lowest BCUT2D eigenvalue weighted by Crippen LogP contribution is -2.14. The van der Waals surface area contributed by atoms with Gasteiger partial charge in [-0.25, -0.2) is 4.98 Å². The van der Waals surface area contributed by atoms with Crippen LogP contribution in [0.3, 0.4) is 0 Å². The van der Waals surface area contributed by atoms with E-state index in [1.165, 1.54) is 5.69 Å². The second-order valence-corrected chi connectivity index (χ2v) is 4.81. The maximum absolute atomic E-state index is 5.03. The first-order valence-electron chi connectivity index (χ1n) is 5.47. The summed E-state index contributed by atoms with van der Waals surface area (Å²) < 4.78 is 7.17. The van der Waals surface area contributed by atoms with Crippen molar-refractivity contribution in [3.05, 3.63) is 47.1 Å². The van der Waals surface area contributed by atoms with Crippen molar-refractivity contribution >= 4 is 16.3 Å². The Kier molecular flexibility index (Phi) is 2.70. The van der Waals surface area contributed by atoms with Crippen LogP contribution in [-0.2, 0) is 13.1 Å².